The Morgan fingerprint density at radius 2 is 1.83 bits per heavy atom. The maximum Gasteiger partial charge on any atom is 0.234 e. The van der Waals surface area contributed by atoms with Gasteiger partial charge in [-0.1, -0.05) is 42.5 Å². The summed E-state index contributed by atoms with van der Waals surface area (Å²) in [6, 6.07) is 16.1. The predicted molar refractivity (Wildman–Crippen MR) is 92.4 cm³/mol. The zero-order chi connectivity index (χ0) is 17.4. The molecule has 4 nitrogen and oxygen atoms in total. The van der Waals surface area contributed by atoms with Gasteiger partial charge in [0.05, 0.1) is 12.6 Å². The second-order valence-corrected chi connectivity index (χ2v) is 5.72. The van der Waals surface area contributed by atoms with E-state index in [9.17, 15) is 9.18 Å². The zero-order valence-corrected chi connectivity index (χ0v) is 14.0. The summed E-state index contributed by atoms with van der Waals surface area (Å²) in [4.78, 5) is 13.9. The maximum atomic E-state index is 13.4. The molecule has 0 unspecified atom stereocenters. The monoisotopic (exact) mass is 330 g/mol. The van der Waals surface area contributed by atoms with Crippen LogP contribution in [-0.4, -0.2) is 37.6 Å². The van der Waals surface area contributed by atoms with Crippen LogP contribution in [0.3, 0.4) is 0 Å². The quantitative estimate of drug-likeness (QED) is 0.809. The lowest BCUT2D eigenvalue weighted by Crippen LogP contribution is -2.38. The number of rotatable bonds is 8. The molecule has 0 spiro atoms. The Balaban J connectivity index is 1.71. The van der Waals surface area contributed by atoms with E-state index in [0.29, 0.717) is 13.2 Å². The lowest BCUT2D eigenvalue weighted by Gasteiger charge is -2.19. The van der Waals surface area contributed by atoms with Crippen LogP contribution in [0.15, 0.2) is 54.6 Å². The molecular formula is C19H23FN2O2. The van der Waals surface area contributed by atoms with Gasteiger partial charge in [0.25, 0.3) is 0 Å². The molecule has 1 atom stereocenters. The first-order valence-electron chi connectivity index (χ1n) is 7.96. The van der Waals surface area contributed by atoms with E-state index in [1.54, 1.807) is 18.2 Å². The minimum Gasteiger partial charge on any atom is -0.489 e. The van der Waals surface area contributed by atoms with Crippen molar-refractivity contribution in [2.45, 2.75) is 13.0 Å². The molecule has 5 heteroatoms. The van der Waals surface area contributed by atoms with Crippen LogP contribution in [0.5, 0.6) is 5.75 Å². The number of likely N-dealkylation sites (N-methyl/N-ethyl adjacent to an activating group) is 1. The number of carbonyl (C=O) groups is 1. The Bertz CT molecular complexity index is 649. The highest BCUT2D eigenvalue weighted by Crippen LogP contribution is 2.15. The number of para-hydroxylation sites is 1. The van der Waals surface area contributed by atoms with E-state index in [0.717, 1.165) is 5.56 Å². The number of carbonyl (C=O) groups excluding carboxylic acids is 1. The Labute approximate surface area is 142 Å². The van der Waals surface area contributed by atoms with E-state index in [1.807, 2.05) is 49.2 Å². The maximum absolute atomic E-state index is 13.4. The van der Waals surface area contributed by atoms with E-state index in [-0.39, 0.29) is 30.1 Å². The number of nitrogens with zero attached hydrogens (tertiary/aromatic N) is 1. The van der Waals surface area contributed by atoms with E-state index in [2.05, 4.69) is 5.32 Å². The van der Waals surface area contributed by atoms with Crippen molar-refractivity contribution < 1.29 is 13.9 Å². The number of nitrogens with one attached hydrogen (secondary N) is 1. The van der Waals surface area contributed by atoms with Crippen LogP contribution < -0.4 is 10.1 Å². The molecule has 1 amide bonds. The van der Waals surface area contributed by atoms with Crippen LogP contribution in [0, 0.1) is 5.82 Å². The lowest BCUT2D eigenvalue weighted by atomic mass is 10.1. The third kappa shape index (κ3) is 5.66. The molecule has 0 saturated carbocycles. The van der Waals surface area contributed by atoms with Crippen molar-refractivity contribution in [1.82, 2.24) is 10.2 Å². The van der Waals surface area contributed by atoms with Crippen molar-refractivity contribution in [1.29, 1.82) is 0 Å². The third-order valence-corrected chi connectivity index (χ3v) is 3.66. The summed E-state index contributed by atoms with van der Waals surface area (Å²) in [5.74, 6) is -0.206. The second kappa shape index (κ2) is 9.03. The molecule has 0 fully saturated rings. The van der Waals surface area contributed by atoms with Crippen molar-refractivity contribution in [3.63, 3.8) is 0 Å². The van der Waals surface area contributed by atoms with Crippen LogP contribution in [0.4, 0.5) is 4.39 Å². The number of amides is 1. The summed E-state index contributed by atoms with van der Waals surface area (Å²) in [6.07, 6.45) is 0. The van der Waals surface area contributed by atoms with Gasteiger partial charge in [0.1, 0.15) is 6.61 Å². The van der Waals surface area contributed by atoms with Crippen LogP contribution in [0.2, 0.25) is 0 Å². The van der Waals surface area contributed by atoms with Crippen molar-refractivity contribution in [3.05, 3.63) is 66.0 Å². The third-order valence-electron chi connectivity index (χ3n) is 3.66. The standard InChI is InChI=1S/C19H23FN2O2/c1-15(16-8-4-3-5-9-16)21-19(23)14-22(2)12-13-24-18-11-7-6-10-17(18)20/h3-11,15H,12-14H2,1-2H3,(H,21,23)/t15-/m1/s1. The molecule has 24 heavy (non-hydrogen) atoms. The van der Waals surface area contributed by atoms with Gasteiger partial charge < -0.3 is 10.1 Å². The Morgan fingerprint density at radius 3 is 2.54 bits per heavy atom. The van der Waals surface area contributed by atoms with E-state index < -0.39 is 0 Å². The van der Waals surface area contributed by atoms with Crippen molar-refractivity contribution in [3.8, 4) is 5.75 Å². The van der Waals surface area contributed by atoms with Crippen LogP contribution in [0.1, 0.15) is 18.5 Å². The summed E-state index contributed by atoms with van der Waals surface area (Å²) in [5, 5.41) is 2.96. The minimum atomic E-state index is -0.380. The molecule has 0 aliphatic heterocycles. The highest BCUT2D eigenvalue weighted by molar-refractivity contribution is 5.78. The van der Waals surface area contributed by atoms with Gasteiger partial charge in [-0.3, -0.25) is 9.69 Å². The topological polar surface area (TPSA) is 41.6 Å². The smallest absolute Gasteiger partial charge is 0.234 e. The van der Waals surface area contributed by atoms with Gasteiger partial charge in [0.2, 0.25) is 5.91 Å². The first kappa shape index (κ1) is 17.9. The van der Waals surface area contributed by atoms with Gasteiger partial charge in [-0.2, -0.15) is 0 Å². The molecule has 128 valence electrons. The Hall–Kier alpha value is -2.40. The van der Waals surface area contributed by atoms with Crippen molar-refractivity contribution >= 4 is 5.91 Å². The van der Waals surface area contributed by atoms with Gasteiger partial charge in [-0.05, 0) is 31.7 Å². The minimum absolute atomic E-state index is 0.0400. The van der Waals surface area contributed by atoms with Crippen LogP contribution in [-0.2, 0) is 4.79 Å². The Kier molecular flexibility index (Phi) is 6.75. The summed E-state index contributed by atoms with van der Waals surface area (Å²) >= 11 is 0. The SMILES string of the molecule is C[C@@H](NC(=O)CN(C)CCOc1ccccc1F)c1ccccc1. The van der Waals surface area contributed by atoms with E-state index in [4.69, 9.17) is 4.74 Å². The van der Waals surface area contributed by atoms with E-state index in [1.165, 1.54) is 6.07 Å². The average Bonchev–Trinajstić information content (AvgIpc) is 2.57. The molecule has 0 aliphatic carbocycles. The molecule has 2 aromatic carbocycles. The van der Waals surface area contributed by atoms with E-state index >= 15 is 0 Å². The van der Waals surface area contributed by atoms with Crippen LogP contribution >= 0.6 is 0 Å². The number of hydrogen-bond acceptors (Lipinski definition) is 3. The molecule has 0 bridgehead atoms. The normalized spacial score (nSPS) is 12.0. The highest BCUT2D eigenvalue weighted by Gasteiger charge is 2.11. The molecule has 1 N–H and O–H groups in total. The summed E-state index contributed by atoms with van der Waals surface area (Å²) < 4.78 is 18.8. The molecule has 0 aromatic heterocycles. The number of hydrogen-bond donors (Lipinski definition) is 1. The van der Waals surface area contributed by atoms with Crippen molar-refractivity contribution in [2.75, 3.05) is 26.7 Å². The lowest BCUT2D eigenvalue weighted by molar-refractivity contribution is -0.122. The summed E-state index contributed by atoms with van der Waals surface area (Å²) in [6.45, 7) is 3.06. The van der Waals surface area contributed by atoms with Gasteiger partial charge in [-0.25, -0.2) is 4.39 Å². The largest absolute Gasteiger partial charge is 0.489 e. The second-order valence-electron chi connectivity index (χ2n) is 5.72. The van der Waals surface area contributed by atoms with Crippen molar-refractivity contribution in [2.24, 2.45) is 0 Å². The summed E-state index contributed by atoms with van der Waals surface area (Å²) in [7, 11) is 1.83. The molecule has 2 rings (SSSR count). The number of ether oxygens (including phenoxy) is 1. The highest BCUT2D eigenvalue weighted by atomic mass is 19.1. The zero-order valence-electron chi connectivity index (χ0n) is 14.0. The molecule has 0 saturated heterocycles. The average molecular weight is 330 g/mol. The van der Waals surface area contributed by atoms with Gasteiger partial charge in [-0.15, -0.1) is 0 Å². The predicted octanol–water partition coefficient (Wildman–Crippen LogP) is 3.01. The number of benzene rings is 2. The molecular weight excluding hydrogens is 307 g/mol. The number of halogens is 1. The first-order chi connectivity index (χ1) is 11.6. The molecule has 0 radical (unpaired) electrons. The van der Waals surface area contributed by atoms with Gasteiger partial charge >= 0.3 is 0 Å². The first-order valence-corrected chi connectivity index (χ1v) is 7.96. The fraction of sp³-hybridized carbons (Fsp3) is 0.316. The van der Waals surface area contributed by atoms with Crippen LogP contribution in [0.25, 0.3) is 0 Å². The molecule has 2 aromatic rings. The molecule has 0 aliphatic rings. The summed E-state index contributed by atoms with van der Waals surface area (Å²) in [5.41, 5.74) is 1.07. The Morgan fingerprint density at radius 1 is 1.17 bits per heavy atom. The fourth-order valence-corrected chi connectivity index (χ4v) is 2.31. The molecule has 0 heterocycles. The van der Waals surface area contributed by atoms with Gasteiger partial charge in [0.15, 0.2) is 11.6 Å². The van der Waals surface area contributed by atoms with Gasteiger partial charge in [0, 0.05) is 6.54 Å². The fourth-order valence-electron chi connectivity index (χ4n) is 2.31.